The van der Waals surface area contributed by atoms with Crippen molar-refractivity contribution in [1.29, 1.82) is 0 Å². The van der Waals surface area contributed by atoms with Crippen molar-refractivity contribution in [3.8, 4) is 11.5 Å². The number of nitrogens with one attached hydrogen (secondary N) is 1. The van der Waals surface area contributed by atoms with Crippen LogP contribution in [-0.2, 0) is 11.2 Å². The number of rotatable bonds is 5. The molecule has 0 aliphatic rings. The first-order valence-electron chi connectivity index (χ1n) is 7.86. The topological polar surface area (TPSA) is 68.0 Å². The van der Waals surface area contributed by atoms with E-state index in [0.29, 0.717) is 24.6 Å². The summed E-state index contributed by atoms with van der Waals surface area (Å²) in [5.74, 6) is 0.940. The Labute approximate surface area is 140 Å². The molecule has 122 valence electrons. The predicted molar refractivity (Wildman–Crippen MR) is 92.6 cm³/mol. The Kier molecular flexibility index (Phi) is 4.70. The van der Waals surface area contributed by atoms with Gasteiger partial charge in [-0.2, -0.15) is 0 Å². The normalized spacial score (nSPS) is 10.6. The molecule has 1 heterocycles. The molecule has 3 aromatic rings. The second-order valence-corrected chi connectivity index (χ2v) is 5.74. The lowest BCUT2D eigenvalue weighted by atomic mass is 10.1. The molecule has 0 bridgehead atoms. The van der Waals surface area contributed by atoms with E-state index in [9.17, 15) is 4.79 Å². The summed E-state index contributed by atoms with van der Waals surface area (Å²) in [6.45, 7) is 3.79. The Balaban J connectivity index is 1.61. The first-order valence-corrected chi connectivity index (χ1v) is 7.86. The first kappa shape index (κ1) is 15.9. The molecule has 2 aromatic carbocycles. The van der Waals surface area contributed by atoms with Crippen LogP contribution in [0.15, 0.2) is 52.9 Å². The van der Waals surface area contributed by atoms with Gasteiger partial charge in [0, 0.05) is 24.6 Å². The highest BCUT2D eigenvalue weighted by atomic mass is 16.4. The smallest absolute Gasteiger partial charge is 0.247 e. The second kappa shape index (κ2) is 7.08. The Hall–Kier alpha value is -2.95. The van der Waals surface area contributed by atoms with Gasteiger partial charge in [0.2, 0.25) is 17.7 Å². The van der Waals surface area contributed by atoms with E-state index in [1.807, 2.05) is 31.2 Å². The number of aryl methyl sites for hydroxylation is 3. The fourth-order valence-corrected chi connectivity index (χ4v) is 2.38. The van der Waals surface area contributed by atoms with Crippen LogP contribution in [0.3, 0.4) is 0 Å². The fourth-order valence-electron chi connectivity index (χ4n) is 2.38. The highest BCUT2D eigenvalue weighted by Crippen LogP contribution is 2.21. The molecule has 3 rings (SSSR count). The van der Waals surface area contributed by atoms with E-state index in [1.54, 1.807) is 6.92 Å². The Morgan fingerprint density at radius 1 is 1.08 bits per heavy atom. The predicted octanol–water partition coefficient (Wildman–Crippen LogP) is 3.92. The summed E-state index contributed by atoms with van der Waals surface area (Å²) in [7, 11) is 0. The average Bonchev–Trinajstić information content (AvgIpc) is 3.01. The minimum atomic E-state index is -0.0190. The van der Waals surface area contributed by atoms with Crippen LogP contribution in [0.25, 0.3) is 11.5 Å². The molecule has 1 amide bonds. The van der Waals surface area contributed by atoms with Gasteiger partial charge in [0.25, 0.3) is 0 Å². The number of nitrogens with zero attached hydrogens (tertiary/aromatic N) is 2. The van der Waals surface area contributed by atoms with Gasteiger partial charge in [0.05, 0.1) is 0 Å². The Morgan fingerprint density at radius 2 is 1.88 bits per heavy atom. The summed E-state index contributed by atoms with van der Waals surface area (Å²) in [6, 6.07) is 15.6. The molecule has 5 heteroatoms. The molecule has 0 radical (unpaired) electrons. The van der Waals surface area contributed by atoms with Gasteiger partial charge in [-0.15, -0.1) is 10.2 Å². The quantitative estimate of drug-likeness (QED) is 0.773. The molecule has 1 aromatic heterocycles. The molecule has 0 spiro atoms. The molecule has 0 atom stereocenters. The largest absolute Gasteiger partial charge is 0.421 e. The zero-order valence-electron chi connectivity index (χ0n) is 13.7. The van der Waals surface area contributed by atoms with Gasteiger partial charge < -0.3 is 9.73 Å². The lowest BCUT2D eigenvalue weighted by molar-refractivity contribution is -0.116. The van der Waals surface area contributed by atoms with Crippen LogP contribution in [-0.4, -0.2) is 16.1 Å². The summed E-state index contributed by atoms with van der Waals surface area (Å²) in [5, 5.41) is 10.7. The maximum atomic E-state index is 12.1. The molecule has 24 heavy (non-hydrogen) atoms. The van der Waals surface area contributed by atoms with Crippen molar-refractivity contribution in [2.75, 3.05) is 5.32 Å². The maximum Gasteiger partial charge on any atom is 0.247 e. The van der Waals surface area contributed by atoms with E-state index >= 15 is 0 Å². The molecule has 5 nitrogen and oxygen atoms in total. The number of aromatic nitrogens is 2. The van der Waals surface area contributed by atoms with Crippen LogP contribution in [0.5, 0.6) is 0 Å². The van der Waals surface area contributed by atoms with Crippen molar-refractivity contribution in [3.05, 3.63) is 65.5 Å². The highest BCUT2D eigenvalue weighted by molar-refractivity contribution is 5.91. The summed E-state index contributed by atoms with van der Waals surface area (Å²) in [5.41, 5.74) is 3.88. The van der Waals surface area contributed by atoms with E-state index in [-0.39, 0.29) is 5.91 Å². The fraction of sp³-hybridized carbons (Fsp3) is 0.211. The molecule has 0 saturated heterocycles. The van der Waals surface area contributed by atoms with Crippen LogP contribution < -0.4 is 5.32 Å². The van der Waals surface area contributed by atoms with E-state index in [2.05, 4.69) is 39.8 Å². The SMILES string of the molecule is Cc1ccc(CCC(=O)Nc2cccc(-c3nnc(C)o3)c2)cc1. The number of benzene rings is 2. The third kappa shape index (κ3) is 4.07. The number of anilines is 1. The van der Waals surface area contributed by atoms with Crippen molar-refractivity contribution in [1.82, 2.24) is 10.2 Å². The van der Waals surface area contributed by atoms with Gasteiger partial charge in [0.1, 0.15) is 0 Å². The third-order valence-corrected chi connectivity index (χ3v) is 3.68. The van der Waals surface area contributed by atoms with Crippen LogP contribution in [0.1, 0.15) is 23.4 Å². The average molecular weight is 321 g/mol. The zero-order chi connectivity index (χ0) is 16.9. The van der Waals surface area contributed by atoms with E-state index in [4.69, 9.17) is 4.42 Å². The van der Waals surface area contributed by atoms with Gasteiger partial charge in [-0.25, -0.2) is 0 Å². The van der Waals surface area contributed by atoms with Gasteiger partial charge in [-0.3, -0.25) is 4.79 Å². The van der Waals surface area contributed by atoms with Gasteiger partial charge in [-0.05, 0) is 37.1 Å². The first-order chi connectivity index (χ1) is 11.6. The van der Waals surface area contributed by atoms with Crippen LogP contribution in [0.4, 0.5) is 5.69 Å². The molecular weight excluding hydrogens is 302 g/mol. The number of carbonyl (C=O) groups is 1. The highest BCUT2D eigenvalue weighted by Gasteiger charge is 2.08. The summed E-state index contributed by atoms with van der Waals surface area (Å²) in [6.07, 6.45) is 1.15. The second-order valence-electron chi connectivity index (χ2n) is 5.74. The summed E-state index contributed by atoms with van der Waals surface area (Å²) < 4.78 is 5.41. The molecule has 1 N–H and O–H groups in total. The monoisotopic (exact) mass is 321 g/mol. The molecule has 0 aliphatic heterocycles. The lowest BCUT2D eigenvalue weighted by Gasteiger charge is -2.06. The van der Waals surface area contributed by atoms with Gasteiger partial charge >= 0.3 is 0 Å². The molecule has 0 unspecified atom stereocenters. The van der Waals surface area contributed by atoms with Crippen molar-refractivity contribution in [2.24, 2.45) is 0 Å². The summed E-state index contributed by atoms with van der Waals surface area (Å²) >= 11 is 0. The minimum Gasteiger partial charge on any atom is -0.421 e. The number of carbonyl (C=O) groups excluding carboxylic acids is 1. The number of hydrogen-bond donors (Lipinski definition) is 1. The lowest BCUT2D eigenvalue weighted by Crippen LogP contribution is -2.12. The molecule has 0 aliphatic carbocycles. The van der Waals surface area contributed by atoms with Gasteiger partial charge in [-0.1, -0.05) is 35.9 Å². The summed E-state index contributed by atoms with van der Waals surface area (Å²) in [4.78, 5) is 12.1. The van der Waals surface area contributed by atoms with Crippen molar-refractivity contribution in [2.45, 2.75) is 26.7 Å². The van der Waals surface area contributed by atoms with E-state index in [0.717, 1.165) is 16.8 Å². The Bertz CT molecular complexity index is 838. The van der Waals surface area contributed by atoms with Crippen molar-refractivity contribution < 1.29 is 9.21 Å². The molecule has 0 saturated carbocycles. The maximum absolute atomic E-state index is 12.1. The number of amides is 1. The molecule has 0 fully saturated rings. The van der Waals surface area contributed by atoms with Crippen LogP contribution in [0.2, 0.25) is 0 Å². The van der Waals surface area contributed by atoms with Crippen LogP contribution in [0, 0.1) is 13.8 Å². The van der Waals surface area contributed by atoms with Gasteiger partial charge in [0.15, 0.2) is 0 Å². The third-order valence-electron chi connectivity index (χ3n) is 3.68. The Morgan fingerprint density at radius 3 is 2.58 bits per heavy atom. The number of hydrogen-bond acceptors (Lipinski definition) is 4. The standard InChI is InChI=1S/C19H19N3O2/c1-13-6-8-15(9-7-13)10-11-18(23)20-17-5-3-4-16(12-17)19-22-21-14(2)24-19/h3-9,12H,10-11H2,1-2H3,(H,20,23). The van der Waals surface area contributed by atoms with Crippen molar-refractivity contribution >= 4 is 11.6 Å². The minimum absolute atomic E-state index is 0.0190. The van der Waals surface area contributed by atoms with Crippen LogP contribution >= 0.6 is 0 Å². The van der Waals surface area contributed by atoms with E-state index in [1.165, 1.54) is 5.56 Å². The van der Waals surface area contributed by atoms with E-state index < -0.39 is 0 Å². The van der Waals surface area contributed by atoms with Crippen molar-refractivity contribution in [3.63, 3.8) is 0 Å². The molecular formula is C19H19N3O2. The zero-order valence-corrected chi connectivity index (χ0v) is 13.7.